The fourth-order valence-corrected chi connectivity index (χ4v) is 0.562. The minimum Gasteiger partial charge on any atom is -0.303 e. The lowest BCUT2D eigenvalue weighted by molar-refractivity contribution is -0.107. The summed E-state index contributed by atoms with van der Waals surface area (Å²) in [6.07, 6.45) is 2.56. The monoisotopic (exact) mass is 164 g/mol. The van der Waals surface area contributed by atoms with Gasteiger partial charge in [-0.2, -0.15) is 0 Å². The predicted molar refractivity (Wildman–Crippen MR) is 33.7 cm³/mol. The van der Waals surface area contributed by atoms with Crippen molar-refractivity contribution in [3.05, 3.63) is 0 Å². The second-order valence-corrected chi connectivity index (χ2v) is 3.09. The van der Waals surface area contributed by atoms with Gasteiger partial charge in [-0.25, -0.2) is 0 Å². The molecule has 0 aromatic heterocycles. The second-order valence-electron chi connectivity index (χ2n) is 1.52. The van der Waals surface area contributed by atoms with Crippen molar-refractivity contribution in [2.24, 2.45) is 0 Å². The van der Waals surface area contributed by atoms with E-state index in [1.165, 1.54) is 0 Å². The Morgan fingerprint density at radius 2 is 2.43 bits per heavy atom. The molecule has 0 bridgehead atoms. The quantitative estimate of drug-likeness (QED) is 0.459. The van der Waals surface area contributed by atoms with E-state index in [0.29, 0.717) is 11.2 Å². The highest BCUT2D eigenvalue weighted by Gasteiger charge is 1.91. The number of carbonyl (C=O) groups excluding carboxylic acids is 1. The van der Waals surface area contributed by atoms with Crippen molar-refractivity contribution in [2.45, 2.75) is 24.6 Å². The molecule has 0 aliphatic rings. The van der Waals surface area contributed by atoms with Crippen LogP contribution in [0.1, 0.15) is 19.8 Å². The van der Waals surface area contributed by atoms with E-state index in [-0.39, 0.29) is 0 Å². The molecule has 2 heteroatoms. The predicted octanol–water partition coefficient (Wildman–Crippen LogP) is 1.75. The smallest absolute Gasteiger partial charge is 0.120 e. The molecular formula is C5H9BrO. The summed E-state index contributed by atoms with van der Waals surface area (Å²) in [6, 6.07) is 0. The van der Waals surface area contributed by atoms with E-state index in [1.807, 2.05) is 6.92 Å². The van der Waals surface area contributed by atoms with Crippen LogP contribution in [0.4, 0.5) is 0 Å². The molecule has 0 heterocycles. The summed E-state index contributed by atoms with van der Waals surface area (Å²) in [5.74, 6) is 0. The zero-order chi connectivity index (χ0) is 5.70. The van der Waals surface area contributed by atoms with Crippen LogP contribution in [0.3, 0.4) is 0 Å². The van der Waals surface area contributed by atoms with Crippen LogP contribution in [0, 0.1) is 0 Å². The molecule has 0 radical (unpaired) electrons. The van der Waals surface area contributed by atoms with Crippen LogP contribution in [0.2, 0.25) is 0 Å². The van der Waals surface area contributed by atoms with Crippen molar-refractivity contribution in [3.63, 3.8) is 0 Å². The molecule has 7 heavy (non-hydrogen) atoms. The van der Waals surface area contributed by atoms with Gasteiger partial charge in [0.15, 0.2) is 0 Å². The Kier molecular flexibility index (Phi) is 4.41. The first-order valence-electron chi connectivity index (χ1n) is 2.35. The lowest BCUT2D eigenvalue weighted by Gasteiger charge is -1.93. The van der Waals surface area contributed by atoms with Gasteiger partial charge in [0.1, 0.15) is 6.29 Å². The van der Waals surface area contributed by atoms with Crippen LogP contribution in [0.25, 0.3) is 0 Å². The minimum absolute atomic E-state index is 0.484. The van der Waals surface area contributed by atoms with Gasteiger partial charge in [-0.1, -0.05) is 22.9 Å². The number of alkyl halides is 1. The van der Waals surface area contributed by atoms with Crippen LogP contribution in [0.15, 0.2) is 0 Å². The van der Waals surface area contributed by atoms with E-state index in [1.54, 1.807) is 0 Å². The SMILES string of the molecule is CC(Br)CCC=O. The fourth-order valence-electron chi connectivity index (χ4n) is 0.298. The zero-order valence-corrected chi connectivity index (χ0v) is 5.94. The first kappa shape index (κ1) is 7.15. The average Bonchev–Trinajstić information content (AvgIpc) is 1.61. The van der Waals surface area contributed by atoms with Gasteiger partial charge < -0.3 is 4.79 Å². The largest absolute Gasteiger partial charge is 0.303 e. The van der Waals surface area contributed by atoms with Crippen molar-refractivity contribution in [1.82, 2.24) is 0 Å². The van der Waals surface area contributed by atoms with E-state index in [0.717, 1.165) is 12.7 Å². The van der Waals surface area contributed by atoms with Crippen molar-refractivity contribution < 1.29 is 4.79 Å². The molecule has 1 atom stereocenters. The normalized spacial score (nSPS) is 13.4. The van der Waals surface area contributed by atoms with E-state index < -0.39 is 0 Å². The third-order valence-corrected chi connectivity index (χ3v) is 1.14. The summed E-state index contributed by atoms with van der Waals surface area (Å²) in [4.78, 5) is 10.2. The Hall–Kier alpha value is 0.150. The van der Waals surface area contributed by atoms with Crippen LogP contribution in [0.5, 0.6) is 0 Å². The molecule has 0 amide bonds. The molecule has 42 valence electrons. The van der Waals surface area contributed by atoms with Crippen molar-refractivity contribution in [3.8, 4) is 0 Å². The van der Waals surface area contributed by atoms with Crippen LogP contribution >= 0.6 is 15.9 Å². The summed E-state index contributed by atoms with van der Waals surface area (Å²) < 4.78 is 0. The first-order chi connectivity index (χ1) is 3.27. The van der Waals surface area contributed by atoms with Crippen LogP contribution in [-0.2, 0) is 4.79 Å². The van der Waals surface area contributed by atoms with Crippen molar-refractivity contribution in [2.75, 3.05) is 0 Å². The van der Waals surface area contributed by atoms with E-state index in [2.05, 4.69) is 15.9 Å². The molecule has 0 saturated carbocycles. The molecule has 0 saturated heterocycles. The molecule has 0 N–H and O–H groups in total. The highest BCUT2D eigenvalue weighted by atomic mass is 79.9. The summed E-state index contributed by atoms with van der Waals surface area (Å²) in [5, 5.41) is 0. The number of hydrogen-bond donors (Lipinski definition) is 0. The maximum Gasteiger partial charge on any atom is 0.120 e. The lowest BCUT2D eigenvalue weighted by Crippen LogP contribution is -1.88. The maximum atomic E-state index is 9.69. The van der Waals surface area contributed by atoms with E-state index >= 15 is 0 Å². The number of hydrogen-bond acceptors (Lipinski definition) is 1. The van der Waals surface area contributed by atoms with Gasteiger partial charge in [0.25, 0.3) is 0 Å². The van der Waals surface area contributed by atoms with Gasteiger partial charge in [0, 0.05) is 11.2 Å². The Balaban J connectivity index is 2.81. The van der Waals surface area contributed by atoms with Crippen LogP contribution < -0.4 is 0 Å². The summed E-state index contributed by atoms with van der Waals surface area (Å²) >= 11 is 3.32. The van der Waals surface area contributed by atoms with Crippen LogP contribution in [-0.4, -0.2) is 11.1 Å². The van der Waals surface area contributed by atoms with Gasteiger partial charge in [0.2, 0.25) is 0 Å². The molecule has 0 aromatic carbocycles. The highest BCUT2D eigenvalue weighted by molar-refractivity contribution is 9.09. The standard InChI is InChI=1S/C5H9BrO/c1-5(6)3-2-4-7/h4-5H,2-3H2,1H3. The molecular weight excluding hydrogens is 156 g/mol. The Morgan fingerprint density at radius 1 is 1.86 bits per heavy atom. The second kappa shape index (κ2) is 4.31. The number of rotatable bonds is 3. The van der Waals surface area contributed by atoms with E-state index in [9.17, 15) is 4.79 Å². The van der Waals surface area contributed by atoms with E-state index in [4.69, 9.17) is 0 Å². The Labute approximate surface area is 52.2 Å². The summed E-state index contributed by atoms with van der Waals surface area (Å²) in [7, 11) is 0. The number of halogens is 1. The lowest BCUT2D eigenvalue weighted by atomic mass is 10.3. The number of carbonyl (C=O) groups is 1. The van der Waals surface area contributed by atoms with Gasteiger partial charge in [-0.05, 0) is 6.42 Å². The third kappa shape index (κ3) is 6.15. The average molecular weight is 165 g/mol. The van der Waals surface area contributed by atoms with Gasteiger partial charge in [0.05, 0.1) is 0 Å². The molecule has 0 rings (SSSR count). The van der Waals surface area contributed by atoms with Gasteiger partial charge >= 0.3 is 0 Å². The molecule has 1 nitrogen and oxygen atoms in total. The molecule has 0 fully saturated rings. The minimum atomic E-state index is 0.484. The van der Waals surface area contributed by atoms with Gasteiger partial charge in [-0.3, -0.25) is 0 Å². The Bertz CT molecular complexity index is 52.0. The molecule has 0 aromatic rings. The molecule has 0 aliphatic heterocycles. The zero-order valence-electron chi connectivity index (χ0n) is 4.36. The topological polar surface area (TPSA) is 17.1 Å². The summed E-state index contributed by atoms with van der Waals surface area (Å²) in [5.41, 5.74) is 0. The molecule has 0 aliphatic carbocycles. The maximum absolute atomic E-state index is 9.69. The Morgan fingerprint density at radius 3 is 2.57 bits per heavy atom. The van der Waals surface area contributed by atoms with Gasteiger partial charge in [-0.15, -0.1) is 0 Å². The third-order valence-electron chi connectivity index (χ3n) is 0.682. The van der Waals surface area contributed by atoms with Crippen molar-refractivity contribution >= 4 is 22.2 Å². The highest BCUT2D eigenvalue weighted by Crippen LogP contribution is 2.03. The molecule has 1 unspecified atom stereocenters. The number of aldehydes is 1. The summed E-state index contributed by atoms with van der Waals surface area (Å²) in [6.45, 7) is 2.03. The fraction of sp³-hybridized carbons (Fsp3) is 0.800. The first-order valence-corrected chi connectivity index (χ1v) is 3.26. The molecule has 0 spiro atoms. The van der Waals surface area contributed by atoms with Crippen molar-refractivity contribution in [1.29, 1.82) is 0 Å².